The van der Waals surface area contributed by atoms with Gasteiger partial charge in [-0.1, -0.05) is 18.2 Å². The lowest BCUT2D eigenvalue weighted by Crippen LogP contribution is -2.00. The smallest absolute Gasteiger partial charge is 0.338 e. The second-order valence-corrected chi connectivity index (χ2v) is 6.24. The van der Waals surface area contributed by atoms with Gasteiger partial charge in [0.25, 0.3) is 0 Å². The fraction of sp³-hybridized carbons (Fsp3) is 0. The summed E-state index contributed by atoms with van der Waals surface area (Å²) in [5.74, 6) is -0.666. The molecule has 3 aromatic heterocycles. The van der Waals surface area contributed by atoms with Gasteiger partial charge in [0.15, 0.2) is 5.82 Å². The van der Waals surface area contributed by atoms with E-state index in [1.165, 1.54) is 17.1 Å². The van der Waals surface area contributed by atoms with Crippen LogP contribution in [0, 0.1) is 11.3 Å². The quantitative estimate of drug-likeness (QED) is 0.610. The molecule has 1 aromatic carbocycles. The van der Waals surface area contributed by atoms with Gasteiger partial charge in [-0.05, 0) is 11.4 Å². The van der Waals surface area contributed by atoms with Crippen LogP contribution in [-0.2, 0) is 0 Å². The van der Waals surface area contributed by atoms with Crippen molar-refractivity contribution in [3.05, 3.63) is 65.4 Å². The Hall–Kier alpha value is -3.50. The number of aromatic carboxylic acids is 1. The molecule has 120 valence electrons. The van der Waals surface area contributed by atoms with Crippen molar-refractivity contribution in [3.8, 4) is 23.0 Å². The van der Waals surface area contributed by atoms with Crippen LogP contribution in [0.4, 0.5) is 0 Å². The molecule has 1 N–H and O–H groups in total. The molecule has 0 amide bonds. The Morgan fingerprint density at radius 3 is 2.84 bits per heavy atom. The highest BCUT2D eigenvalue weighted by Crippen LogP contribution is 2.35. The second-order valence-electron chi connectivity index (χ2n) is 5.32. The number of hydrogen-bond acceptors (Lipinski definition) is 5. The van der Waals surface area contributed by atoms with Crippen molar-refractivity contribution in [1.82, 2.24) is 14.8 Å². The van der Waals surface area contributed by atoms with Crippen LogP contribution in [0.2, 0.25) is 0 Å². The first-order chi connectivity index (χ1) is 12.2. The average molecular weight is 346 g/mol. The molecule has 0 bridgehead atoms. The number of carboxylic acids is 1. The molecular weight excluding hydrogens is 336 g/mol. The van der Waals surface area contributed by atoms with Gasteiger partial charge < -0.3 is 5.11 Å². The largest absolute Gasteiger partial charge is 0.478 e. The van der Waals surface area contributed by atoms with Gasteiger partial charge in [-0.2, -0.15) is 10.4 Å². The van der Waals surface area contributed by atoms with Crippen molar-refractivity contribution in [1.29, 1.82) is 5.26 Å². The summed E-state index contributed by atoms with van der Waals surface area (Å²) in [5.41, 5.74) is 2.23. The molecule has 0 fully saturated rings. The summed E-state index contributed by atoms with van der Waals surface area (Å²) in [6.45, 7) is 0. The zero-order chi connectivity index (χ0) is 17.4. The summed E-state index contributed by atoms with van der Waals surface area (Å²) >= 11 is 1.62. The first-order valence-corrected chi connectivity index (χ1v) is 8.20. The van der Waals surface area contributed by atoms with Crippen LogP contribution in [-0.4, -0.2) is 25.8 Å². The van der Waals surface area contributed by atoms with E-state index in [1.807, 2.05) is 29.6 Å². The number of fused-ring (bicyclic) bond motifs is 1. The summed E-state index contributed by atoms with van der Waals surface area (Å²) in [7, 11) is 0. The van der Waals surface area contributed by atoms with Crippen molar-refractivity contribution in [2.45, 2.75) is 0 Å². The molecule has 4 aromatic rings. The van der Waals surface area contributed by atoms with E-state index in [9.17, 15) is 10.1 Å². The topological polar surface area (TPSA) is 91.8 Å². The van der Waals surface area contributed by atoms with Crippen LogP contribution in [0.15, 0.2) is 54.3 Å². The van der Waals surface area contributed by atoms with Gasteiger partial charge in [0.05, 0.1) is 23.4 Å². The van der Waals surface area contributed by atoms with Crippen molar-refractivity contribution in [3.63, 3.8) is 0 Å². The molecule has 4 rings (SSSR count). The van der Waals surface area contributed by atoms with E-state index in [0.717, 1.165) is 21.2 Å². The van der Waals surface area contributed by atoms with E-state index in [4.69, 9.17) is 5.11 Å². The number of carboxylic acid groups (broad SMARTS) is 1. The fourth-order valence-corrected chi connectivity index (χ4v) is 3.58. The summed E-state index contributed by atoms with van der Waals surface area (Å²) in [5, 5.41) is 25.6. The lowest BCUT2D eigenvalue weighted by molar-refractivity contribution is 0.0697. The van der Waals surface area contributed by atoms with Crippen molar-refractivity contribution in [2.75, 3.05) is 0 Å². The van der Waals surface area contributed by atoms with Crippen LogP contribution < -0.4 is 0 Å². The third-order valence-electron chi connectivity index (χ3n) is 3.85. The van der Waals surface area contributed by atoms with E-state index in [0.29, 0.717) is 11.4 Å². The molecular formula is C18H10N4O2S. The van der Waals surface area contributed by atoms with Gasteiger partial charge in [-0.25, -0.2) is 14.5 Å². The SMILES string of the molecule is N#Cc1cc(-n2cc(C(=O)O)cn2)ncc1-c1csc2ccccc12. The van der Waals surface area contributed by atoms with E-state index in [2.05, 4.69) is 16.2 Å². The Bertz CT molecular complexity index is 1150. The van der Waals surface area contributed by atoms with Gasteiger partial charge >= 0.3 is 5.97 Å². The second kappa shape index (κ2) is 5.85. The van der Waals surface area contributed by atoms with Gasteiger partial charge in [0.1, 0.15) is 0 Å². The maximum atomic E-state index is 11.0. The van der Waals surface area contributed by atoms with Crippen LogP contribution in [0.5, 0.6) is 0 Å². The number of rotatable bonds is 3. The summed E-state index contributed by atoms with van der Waals surface area (Å²) in [6, 6.07) is 11.8. The minimum Gasteiger partial charge on any atom is -0.478 e. The Balaban J connectivity index is 1.83. The van der Waals surface area contributed by atoms with Gasteiger partial charge in [0, 0.05) is 39.7 Å². The molecule has 25 heavy (non-hydrogen) atoms. The number of aromatic nitrogens is 3. The van der Waals surface area contributed by atoms with Crippen molar-refractivity contribution >= 4 is 27.4 Å². The summed E-state index contributed by atoms with van der Waals surface area (Å²) in [6.07, 6.45) is 4.24. The molecule has 7 heteroatoms. The maximum absolute atomic E-state index is 11.0. The number of nitrogens with zero attached hydrogens (tertiary/aromatic N) is 4. The van der Waals surface area contributed by atoms with E-state index in [1.54, 1.807) is 23.6 Å². The minimum absolute atomic E-state index is 0.0632. The van der Waals surface area contributed by atoms with E-state index in [-0.39, 0.29) is 5.56 Å². The first-order valence-electron chi connectivity index (χ1n) is 7.32. The first kappa shape index (κ1) is 15.1. The molecule has 0 spiro atoms. The molecule has 0 saturated heterocycles. The summed E-state index contributed by atoms with van der Waals surface area (Å²) < 4.78 is 2.49. The molecule has 0 saturated carbocycles. The van der Waals surface area contributed by atoms with E-state index >= 15 is 0 Å². The monoisotopic (exact) mass is 346 g/mol. The van der Waals surface area contributed by atoms with Crippen LogP contribution >= 0.6 is 11.3 Å². The highest BCUT2D eigenvalue weighted by atomic mass is 32.1. The highest BCUT2D eigenvalue weighted by Gasteiger charge is 2.14. The molecule has 0 aliphatic rings. The third kappa shape index (κ3) is 2.55. The zero-order valence-corrected chi connectivity index (χ0v) is 13.6. The van der Waals surface area contributed by atoms with Crippen molar-refractivity contribution in [2.24, 2.45) is 0 Å². The summed E-state index contributed by atoms with van der Waals surface area (Å²) in [4.78, 5) is 15.3. The Labute approximate surface area is 146 Å². The predicted molar refractivity (Wildman–Crippen MR) is 93.9 cm³/mol. The predicted octanol–water partition coefficient (Wildman–Crippen LogP) is 3.72. The molecule has 0 atom stereocenters. The lowest BCUT2D eigenvalue weighted by Gasteiger charge is -2.06. The minimum atomic E-state index is -1.06. The number of pyridine rings is 1. The highest BCUT2D eigenvalue weighted by molar-refractivity contribution is 7.17. The van der Waals surface area contributed by atoms with Crippen LogP contribution in [0.1, 0.15) is 15.9 Å². The average Bonchev–Trinajstić information content (AvgIpc) is 3.28. The molecule has 6 nitrogen and oxygen atoms in total. The fourth-order valence-electron chi connectivity index (χ4n) is 2.62. The van der Waals surface area contributed by atoms with Gasteiger partial charge in [0.2, 0.25) is 0 Å². The molecule has 3 heterocycles. The lowest BCUT2D eigenvalue weighted by atomic mass is 10.0. The number of hydrogen-bond donors (Lipinski definition) is 1. The normalized spacial score (nSPS) is 10.7. The number of benzene rings is 1. The van der Waals surface area contributed by atoms with Gasteiger partial charge in [-0.3, -0.25) is 0 Å². The molecule has 0 unspecified atom stereocenters. The Morgan fingerprint density at radius 1 is 1.24 bits per heavy atom. The van der Waals surface area contributed by atoms with Crippen LogP contribution in [0.25, 0.3) is 27.0 Å². The Kier molecular flexibility index (Phi) is 3.52. The Morgan fingerprint density at radius 2 is 2.08 bits per heavy atom. The van der Waals surface area contributed by atoms with Gasteiger partial charge in [-0.15, -0.1) is 11.3 Å². The number of carbonyl (C=O) groups is 1. The molecule has 0 radical (unpaired) electrons. The molecule has 0 aliphatic heterocycles. The number of thiophene rings is 1. The standard InChI is InChI=1S/C18H10N4O2S/c19-6-11-5-17(22-9-12(7-21-22)18(23)24)20-8-14(11)15-10-25-16-4-2-1-3-13(15)16/h1-5,7-10H,(H,23,24). The third-order valence-corrected chi connectivity index (χ3v) is 4.81. The van der Waals surface area contributed by atoms with E-state index < -0.39 is 5.97 Å². The van der Waals surface area contributed by atoms with Crippen LogP contribution in [0.3, 0.4) is 0 Å². The number of nitriles is 1. The molecule has 0 aliphatic carbocycles. The van der Waals surface area contributed by atoms with Crippen molar-refractivity contribution < 1.29 is 9.90 Å². The maximum Gasteiger partial charge on any atom is 0.338 e. The zero-order valence-electron chi connectivity index (χ0n) is 12.7.